The predicted octanol–water partition coefficient (Wildman–Crippen LogP) is 3.55. The van der Waals surface area contributed by atoms with E-state index in [1.165, 1.54) is 7.11 Å². The average molecular weight is 526 g/mol. The molecule has 3 amide bonds. The number of pyridine rings is 1. The number of thioether (sulfide) groups is 1. The van der Waals surface area contributed by atoms with E-state index in [0.29, 0.717) is 23.9 Å². The van der Waals surface area contributed by atoms with Crippen molar-refractivity contribution in [2.45, 2.75) is 63.0 Å². The number of carbonyl (C=O) groups is 3. The molecule has 3 heterocycles. The van der Waals surface area contributed by atoms with Gasteiger partial charge >= 0.3 is 12.0 Å². The minimum absolute atomic E-state index is 0.0206. The first-order valence-electron chi connectivity index (χ1n) is 12.8. The first-order chi connectivity index (χ1) is 17.9. The van der Waals surface area contributed by atoms with Gasteiger partial charge in [0.15, 0.2) is 0 Å². The van der Waals surface area contributed by atoms with Gasteiger partial charge in [0.1, 0.15) is 5.69 Å². The van der Waals surface area contributed by atoms with E-state index in [-0.39, 0.29) is 24.0 Å². The Kier molecular flexibility index (Phi) is 9.40. The molecular weight excluding hydrogens is 490 g/mol. The lowest BCUT2D eigenvalue weighted by molar-refractivity contribution is -0.116. The summed E-state index contributed by atoms with van der Waals surface area (Å²) in [5.41, 5.74) is 3.04. The molecule has 3 unspecified atom stereocenters. The summed E-state index contributed by atoms with van der Waals surface area (Å²) in [7, 11) is 1.35. The van der Waals surface area contributed by atoms with E-state index >= 15 is 0 Å². The van der Waals surface area contributed by atoms with Crippen molar-refractivity contribution >= 4 is 35.4 Å². The summed E-state index contributed by atoms with van der Waals surface area (Å²) in [6, 6.07) is 13.7. The third-order valence-electron chi connectivity index (χ3n) is 6.76. The van der Waals surface area contributed by atoms with Crippen molar-refractivity contribution in [3.63, 3.8) is 0 Å². The van der Waals surface area contributed by atoms with Crippen molar-refractivity contribution in [2.75, 3.05) is 24.7 Å². The Morgan fingerprint density at radius 2 is 1.95 bits per heavy atom. The molecule has 3 N–H and O–H groups in total. The maximum absolute atomic E-state index is 12.4. The quantitative estimate of drug-likeness (QED) is 0.221. The first-order valence-corrected chi connectivity index (χ1v) is 13.8. The van der Waals surface area contributed by atoms with Crippen molar-refractivity contribution < 1.29 is 19.1 Å². The zero-order valence-electron chi connectivity index (χ0n) is 21.4. The lowest BCUT2D eigenvalue weighted by Gasteiger charge is -2.20. The maximum atomic E-state index is 12.4. The molecule has 0 spiro atoms. The minimum Gasteiger partial charge on any atom is -0.464 e. The van der Waals surface area contributed by atoms with E-state index in [0.717, 1.165) is 55.0 Å². The fourth-order valence-corrected chi connectivity index (χ4v) is 6.29. The molecular formula is C27H35N5O4S. The normalized spacial score (nSPS) is 20.3. The number of rotatable bonds is 12. The average Bonchev–Trinajstić information content (AvgIpc) is 3.46. The molecule has 0 radical (unpaired) electrons. The zero-order chi connectivity index (χ0) is 26.2. The van der Waals surface area contributed by atoms with Gasteiger partial charge in [-0.3, -0.25) is 9.69 Å². The molecule has 9 nitrogen and oxygen atoms in total. The lowest BCUT2D eigenvalue weighted by Crippen LogP contribution is -2.36. The molecule has 0 bridgehead atoms. The number of unbranched alkanes of at least 4 members (excludes halogenated alkanes) is 1. The Labute approximate surface area is 222 Å². The highest BCUT2D eigenvalue weighted by Gasteiger charge is 2.42. The van der Waals surface area contributed by atoms with Crippen LogP contribution in [0.1, 0.15) is 54.4 Å². The number of aromatic nitrogens is 1. The molecule has 4 rings (SSSR count). The van der Waals surface area contributed by atoms with Crippen molar-refractivity contribution in [2.24, 2.45) is 0 Å². The minimum atomic E-state index is -0.440. The second-order valence-corrected chi connectivity index (χ2v) is 10.7. The Bertz CT molecular complexity index is 1100. The second-order valence-electron chi connectivity index (χ2n) is 9.42. The Morgan fingerprint density at radius 3 is 2.70 bits per heavy atom. The first kappa shape index (κ1) is 26.9. The Morgan fingerprint density at radius 1 is 1.14 bits per heavy atom. The monoisotopic (exact) mass is 525 g/mol. The molecule has 2 aliphatic rings. The van der Waals surface area contributed by atoms with E-state index in [9.17, 15) is 14.4 Å². The van der Waals surface area contributed by atoms with E-state index in [1.807, 2.05) is 48.2 Å². The highest BCUT2D eigenvalue weighted by molar-refractivity contribution is 8.00. The number of ether oxygens (including phenoxy) is 1. The van der Waals surface area contributed by atoms with Crippen molar-refractivity contribution in [1.82, 2.24) is 20.5 Å². The van der Waals surface area contributed by atoms with Crippen LogP contribution in [0.4, 0.5) is 10.5 Å². The highest BCUT2D eigenvalue weighted by atomic mass is 32.2. The summed E-state index contributed by atoms with van der Waals surface area (Å²) >= 11 is 1.90. The van der Waals surface area contributed by atoms with Gasteiger partial charge in [-0.15, -0.1) is 0 Å². The van der Waals surface area contributed by atoms with Crippen LogP contribution in [0.5, 0.6) is 0 Å². The number of nitrogens with one attached hydrogen (secondary N) is 3. The topological polar surface area (TPSA) is 113 Å². The van der Waals surface area contributed by atoms with Crippen LogP contribution in [0.25, 0.3) is 0 Å². The van der Waals surface area contributed by atoms with Crippen LogP contribution in [-0.4, -0.2) is 64.5 Å². The molecule has 37 heavy (non-hydrogen) atoms. The lowest BCUT2D eigenvalue weighted by atomic mass is 10.0. The van der Waals surface area contributed by atoms with E-state index in [4.69, 9.17) is 4.74 Å². The third-order valence-corrected chi connectivity index (χ3v) is 8.27. The molecule has 2 aliphatic heterocycles. The van der Waals surface area contributed by atoms with E-state index < -0.39 is 5.97 Å². The number of esters is 1. The molecule has 0 aliphatic carbocycles. The number of hydrogen-bond donors (Lipinski definition) is 3. The van der Waals surface area contributed by atoms with Crippen LogP contribution in [0.3, 0.4) is 0 Å². The number of carbonyl (C=O) groups excluding carboxylic acids is 3. The van der Waals surface area contributed by atoms with Gasteiger partial charge in [-0.2, -0.15) is 11.8 Å². The summed E-state index contributed by atoms with van der Waals surface area (Å²) in [5.74, 6) is 0.539. The number of methoxy groups -OCH3 is 1. The number of amides is 3. The van der Waals surface area contributed by atoms with Gasteiger partial charge in [-0.05, 0) is 49.2 Å². The molecule has 2 aromatic rings. The number of nitrogens with zero attached hydrogens (tertiary/aromatic N) is 2. The predicted molar refractivity (Wildman–Crippen MR) is 144 cm³/mol. The van der Waals surface area contributed by atoms with Crippen molar-refractivity contribution in [3.05, 3.63) is 59.4 Å². The fraction of sp³-hybridized carbons (Fsp3) is 0.481. The molecule has 3 atom stereocenters. The second kappa shape index (κ2) is 12.9. The summed E-state index contributed by atoms with van der Waals surface area (Å²) in [6.45, 7) is 4.25. The Balaban J connectivity index is 1.18. The number of urea groups is 1. The molecule has 198 valence electrons. The molecule has 2 fully saturated rings. The van der Waals surface area contributed by atoms with Crippen LogP contribution in [-0.2, 0) is 22.6 Å². The largest absolute Gasteiger partial charge is 0.464 e. The van der Waals surface area contributed by atoms with Gasteiger partial charge in [0.25, 0.3) is 0 Å². The van der Waals surface area contributed by atoms with Crippen LogP contribution in [0.15, 0.2) is 42.5 Å². The van der Waals surface area contributed by atoms with E-state index in [2.05, 4.69) is 32.8 Å². The van der Waals surface area contributed by atoms with Gasteiger partial charge in [0.2, 0.25) is 5.91 Å². The van der Waals surface area contributed by atoms with Gasteiger partial charge < -0.3 is 20.7 Å². The van der Waals surface area contributed by atoms with Crippen LogP contribution in [0, 0.1) is 0 Å². The SMILES string of the molecule is CCN(Cc1ccc(NC(=O)CCCCC2SCC3NC(=O)NC32)cc1)Cc1cccc(C(=O)OC)n1. The van der Waals surface area contributed by atoms with Gasteiger partial charge in [0, 0.05) is 36.2 Å². The molecule has 1 aromatic carbocycles. The van der Waals surface area contributed by atoms with Gasteiger partial charge in [0.05, 0.1) is 24.9 Å². The standard InChI is InChI=1S/C27H35N5O4S/c1-3-32(16-20-7-6-8-21(28-20)26(34)36-2)15-18-11-13-19(14-12-18)29-24(33)10-5-4-9-23-25-22(17-37-23)30-27(35)31-25/h6-8,11-14,22-23,25H,3-5,9-10,15-17H2,1-2H3,(H,29,33)(H2,30,31,35). The molecule has 2 saturated heterocycles. The number of anilines is 1. The molecule has 10 heteroatoms. The number of hydrogen-bond acceptors (Lipinski definition) is 7. The maximum Gasteiger partial charge on any atom is 0.356 e. The van der Waals surface area contributed by atoms with E-state index in [1.54, 1.807) is 6.07 Å². The third kappa shape index (κ3) is 7.45. The highest BCUT2D eigenvalue weighted by Crippen LogP contribution is 2.33. The summed E-state index contributed by atoms with van der Waals surface area (Å²) < 4.78 is 4.76. The zero-order valence-corrected chi connectivity index (χ0v) is 22.2. The number of benzene rings is 1. The van der Waals surface area contributed by atoms with Crippen LogP contribution < -0.4 is 16.0 Å². The fourth-order valence-electron chi connectivity index (χ4n) is 4.74. The van der Waals surface area contributed by atoms with Gasteiger partial charge in [-0.25, -0.2) is 14.6 Å². The van der Waals surface area contributed by atoms with Crippen molar-refractivity contribution in [3.8, 4) is 0 Å². The molecule has 1 aromatic heterocycles. The summed E-state index contributed by atoms with van der Waals surface area (Å²) in [5, 5.41) is 9.39. The number of fused-ring (bicyclic) bond motifs is 1. The van der Waals surface area contributed by atoms with Gasteiger partial charge in [-0.1, -0.05) is 31.5 Å². The summed E-state index contributed by atoms with van der Waals surface area (Å²) in [6.07, 6.45) is 3.29. The van der Waals surface area contributed by atoms with Crippen LogP contribution in [0.2, 0.25) is 0 Å². The van der Waals surface area contributed by atoms with Crippen LogP contribution >= 0.6 is 11.8 Å². The molecule has 0 saturated carbocycles. The summed E-state index contributed by atoms with van der Waals surface area (Å²) in [4.78, 5) is 42.3. The smallest absolute Gasteiger partial charge is 0.356 e. The Hall–Kier alpha value is -3.11. The van der Waals surface area contributed by atoms with Crippen molar-refractivity contribution in [1.29, 1.82) is 0 Å².